The molecular weight excluding hydrogens is 180 g/mol. The molecule has 0 aromatic carbocycles. The highest BCUT2D eigenvalue weighted by Crippen LogP contribution is 1.92. The zero-order valence-electron chi connectivity index (χ0n) is 6.21. The molecule has 0 spiro atoms. The van der Waals surface area contributed by atoms with Crippen molar-refractivity contribution < 1.29 is 15.2 Å². The lowest BCUT2D eigenvalue weighted by Gasteiger charge is -1.98. The molecule has 0 saturated heterocycles. The molecule has 1 aromatic rings. The first-order valence-corrected chi connectivity index (χ1v) is 3.16. The Hall–Kier alpha value is -0.615. The maximum atomic E-state index is 8.62. The molecule has 0 unspecified atom stereocenters. The average molecular weight is 189 g/mol. The summed E-state index contributed by atoms with van der Waals surface area (Å²) in [6.07, 6.45) is 1.40. The van der Waals surface area contributed by atoms with E-state index in [-0.39, 0.29) is 24.6 Å². The van der Waals surface area contributed by atoms with Gasteiger partial charge in [0, 0.05) is 6.20 Å². The summed E-state index contributed by atoms with van der Waals surface area (Å²) < 4.78 is 0. The van der Waals surface area contributed by atoms with Crippen LogP contribution in [-0.4, -0.2) is 27.3 Å². The number of nitrogens with zero attached hydrogens (tertiary/aromatic N) is 1. The molecule has 1 heterocycles. The minimum absolute atomic E-state index is 0. The largest absolute Gasteiger partial charge is 0.508 e. The van der Waals surface area contributed by atoms with E-state index in [9.17, 15) is 0 Å². The van der Waals surface area contributed by atoms with E-state index in [2.05, 4.69) is 4.98 Å². The zero-order chi connectivity index (χ0) is 8.27. The summed E-state index contributed by atoms with van der Waals surface area (Å²) >= 11 is 0. The van der Waals surface area contributed by atoms with E-state index < -0.39 is 7.12 Å². The van der Waals surface area contributed by atoms with Crippen molar-refractivity contribution >= 4 is 25.1 Å². The van der Waals surface area contributed by atoms with Crippen molar-refractivity contribution in [3.05, 3.63) is 23.9 Å². The Kier molecular flexibility index (Phi) is 4.84. The molecule has 0 aliphatic carbocycles. The van der Waals surface area contributed by atoms with Gasteiger partial charge in [-0.3, -0.25) is 4.98 Å². The first-order valence-electron chi connectivity index (χ1n) is 3.16. The van der Waals surface area contributed by atoms with Crippen LogP contribution < -0.4 is 5.59 Å². The Bertz CT molecular complexity index is 229. The van der Waals surface area contributed by atoms with Gasteiger partial charge in [-0.2, -0.15) is 0 Å². The normalized spacial score (nSPS) is 8.92. The zero-order valence-corrected chi connectivity index (χ0v) is 7.03. The molecule has 0 aliphatic rings. The first-order chi connectivity index (χ1) is 5.24. The van der Waals surface area contributed by atoms with E-state index in [0.29, 0.717) is 5.56 Å². The minimum atomic E-state index is -1.54. The van der Waals surface area contributed by atoms with Crippen LogP contribution >= 0.6 is 12.4 Å². The molecule has 12 heavy (non-hydrogen) atoms. The van der Waals surface area contributed by atoms with E-state index in [1.54, 1.807) is 6.07 Å². The third-order valence-electron chi connectivity index (χ3n) is 1.29. The lowest BCUT2D eigenvalue weighted by Crippen LogP contribution is -2.32. The minimum Gasteiger partial charge on any atom is -0.422 e. The van der Waals surface area contributed by atoms with Crippen molar-refractivity contribution in [3.8, 4) is 0 Å². The Balaban J connectivity index is 0.00000121. The summed E-state index contributed by atoms with van der Waals surface area (Å²) in [5.41, 5.74) is 0.830. The molecule has 0 amide bonds. The highest BCUT2D eigenvalue weighted by molar-refractivity contribution is 6.57. The van der Waals surface area contributed by atoms with Crippen molar-refractivity contribution in [2.24, 2.45) is 0 Å². The summed E-state index contributed by atoms with van der Waals surface area (Å²) in [5, 5.41) is 25.8. The highest BCUT2D eigenvalue weighted by Gasteiger charge is 2.11. The van der Waals surface area contributed by atoms with Gasteiger partial charge in [0.2, 0.25) is 0 Å². The molecule has 0 bridgehead atoms. The van der Waals surface area contributed by atoms with E-state index >= 15 is 0 Å². The van der Waals surface area contributed by atoms with Crippen molar-refractivity contribution in [2.45, 2.75) is 6.61 Å². The Labute approximate surface area is 76.4 Å². The van der Waals surface area contributed by atoms with E-state index in [1.807, 2.05) is 0 Å². The predicted molar refractivity (Wildman–Crippen MR) is 47.2 cm³/mol. The molecule has 0 radical (unpaired) electrons. The molecule has 1 aromatic heterocycles. The van der Waals surface area contributed by atoms with Gasteiger partial charge in [0.1, 0.15) is 0 Å². The summed E-state index contributed by atoms with van der Waals surface area (Å²) in [7, 11) is -1.54. The Morgan fingerprint density at radius 2 is 2.00 bits per heavy atom. The number of halogens is 1. The van der Waals surface area contributed by atoms with Crippen LogP contribution in [0, 0.1) is 0 Å². The van der Waals surface area contributed by atoms with E-state index in [0.717, 1.165) is 0 Å². The van der Waals surface area contributed by atoms with Gasteiger partial charge in [-0.15, -0.1) is 12.4 Å². The maximum Gasteiger partial charge on any atom is 0.508 e. The summed E-state index contributed by atoms with van der Waals surface area (Å²) in [6.45, 7) is -0.0885. The smallest absolute Gasteiger partial charge is 0.422 e. The van der Waals surface area contributed by atoms with Crippen molar-refractivity contribution in [2.75, 3.05) is 0 Å². The predicted octanol–water partition coefficient (Wildman–Crippen LogP) is -1.32. The van der Waals surface area contributed by atoms with Crippen LogP contribution in [0.4, 0.5) is 0 Å². The van der Waals surface area contributed by atoms with Crippen LogP contribution in [0.1, 0.15) is 5.56 Å². The fourth-order valence-electron chi connectivity index (χ4n) is 0.682. The number of aliphatic hydroxyl groups excluding tert-OH is 1. The second-order valence-corrected chi connectivity index (χ2v) is 2.12. The third-order valence-corrected chi connectivity index (χ3v) is 1.29. The number of aromatic nitrogens is 1. The van der Waals surface area contributed by atoms with Crippen LogP contribution in [0.2, 0.25) is 0 Å². The number of rotatable bonds is 2. The van der Waals surface area contributed by atoms with Crippen LogP contribution in [0.25, 0.3) is 0 Å². The van der Waals surface area contributed by atoms with Crippen molar-refractivity contribution in [1.29, 1.82) is 0 Å². The fraction of sp³-hybridized carbons (Fsp3) is 0.167. The van der Waals surface area contributed by atoms with Gasteiger partial charge in [0.25, 0.3) is 0 Å². The van der Waals surface area contributed by atoms with Crippen molar-refractivity contribution in [3.63, 3.8) is 0 Å². The molecule has 0 atom stereocenters. The molecule has 0 aliphatic heterocycles. The standard InChI is InChI=1S/C6H8BNO3.ClH/c9-4-5-1-2-6(7(10)11)8-3-5;/h1-3,9-11H,4H2;1H. The van der Waals surface area contributed by atoms with Gasteiger partial charge in [-0.05, 0) is 11.6 Å². The molecule has 0 fully saturated rings. The molecule has 1 rings (SSSR count). The fourth-order valence-corrected chi connectivity index (χ4v) is 0.682. The van der Waals surface area contributed by atoms with Crippen LogP contribution in [0.3, 0.4) is 0 Å². The van der Waals surface area contributed by atoms with Crippen LogP contribution in [0.15, 0.2) is 18.3 Å². The lowest BCUT2D eigenvalue weighted by atomic mass is 9.85. The average Bonchev–Trinajstić information content (AvgIpc) is 2.05. The third kappa shape index (κ3) is 2.79. The van der Waals surface area contributed by atoms with Gasteiger partial charge in [-0.1, -0.05) is 6.07 Å². The molecule has 6 heteroatoms. The Morgan fingerprint density at radius 1 is 1.33 bits per heavy atom. The molecule has 3 N–H and O–H groups in total. The lowest BCUT2D eigenvalue weighted by molar-refractivity contribution is 0.281. The van der Waals surface area contributed by atoms with Gasteiger partial charge in [0.05, 0.1) is 12.2 Å². The Morgan fingerprint density at radius 3 is 2.33 bits per heavy atom. The molecular formula is C6H9BClNO3. The second-order valence-electron chi connectivity index (χ2n) is 2.12. The SMILES string of the molecule is Cl.OCc1ccc(B(O)O)nc1. The van der Waals surface area contributed by atoms with Crippen molar-refractivity contribution in [1.82, 2.24) is 4.98 Å². The first kappa shape index (κ1) is 11.4. The number of aliphatic hydroxyl groups is 1. The second kappa shape index (κ2) is 5.11. The summed E-state index contributed by atoms with van der Waals surface area (Å²) in [4.78, 5) is 3.69. The summed E-state index contributed by atoms with van der Waals surface area (Å²) in [6, 6.07) is 3.04. The monoisotopic (exact) mass is 189 g/mol. The number of hydrogen-bond acceptors (Lipinski definition) is 4. The number of hydrogen-bond donors (Lipinski definition) is 3. The molecule has 4 nitrogen and oxygen atoms in total. The van der Waals surface area contributed by atoms with Crippen LogP contribution in [-0.2, 0) is 6.61 Å². The van der Waals surface area contributed by atoms with Gasteiger partial charge in [0.15, 0.2) is 0 Å². The molecule has 0 saturated carbocycles. The van der Waals surface area contributed by atoms with Gasteiger partial charge >= 0.3 is 7.12 Å². The summed E-state index contributed by atoms with van der Waals surface area (Å²) in [5.74, 6) is 0. The topological polar surface area (TPSA) is 73.6 Å². The number of pyridine rings is 1. The van der Waals surface area contributed by atoms with Crippen LogP contribution in [0.5, 0.6) is 0 Å². The molecule has 66 valence electrons. The van der Waals surface area contributed by atoms with E-state index in [4.69, 9.17) is 15.2 Å². The quantitative estimate of drug-likeness (QED) is 0.504. The van der Waals surface area contributed by atoms with E-state index in [1.165, 1.54) is 12.3 Å². The van der Waals surface area contributed by atoms with Gasteiger partial charge < -0.3 is 15.2 Å². The van der Waals surface area contributed by atoms with Gasteiger partial charge in [-0.25, -0.2) is 0 Å². The highest BCUT2D eigenvalue weighted by atomic mass is 35.5. The maximum absolute atomic E-state index is 8.62.